The molecule has 0 aromatic heterocycles. The van der Waals surface area contributed by atoms with Crippen molar-refractivity contribution >= 4 is 28.4 Å². The van der Waals surface area contributed by atoms with Crippen molar-refractivity contribution in [2.24, 2.45) is 0 Å². The lowest BCUT2D eigenvalue weighted by atomic mass is 10.1. The quantitative estimate of drug-likeness (QED) is 0.715. The summed E-state index contributed by atoms with van der Waals surface area (Å²) in [6, 6.07) is 11.8. The van der Waals surface area contributed by atoms with Crippen LogP contribution in [0.5, 0.6) is 0 Å². The molecule has 0 aliphatic carbocycles. The molecule has 2 aromatic rings. The normalized spacial score (nSPS) is 13.7. The van der Waals surface area contributed by atoms with Crippen LogP contribution in [0.15, 0.2) is 36.4 Å². The number of benzene rings is 2. The van der Waals surface area contributed by atoms with Crippen molar-refractivity contribution in [3.05, 3.63) is 42.0 Å². The standard InChI is InChI=1S/C11H16N2O.C10H17N3/c1-9-8-10(2-3-11(9)12)13-4-6-14-7-5-13;1-3-13(4-2)10-6-5-8(11)7-9(10)12/h2-3,8H,4-7,12H2,1H3;5-7H,3-4,11-12H2,1-2H3. The number of aryl methyl sites for hydroxylation is 1. The zero-order valence-corrected chi connectivity index (χ0v) is 16.7. The summed E-state index contributed by atoms with van der Waals surface area (Å²) < 4.78 is 5.31. The van der Waals surface area contributed by atoms with Gasteiger partial charge in [-0.05, 0) is 62.7 Å². The first-order valence-corrected chi connectivity index (χ1v) is 9.55. The molecule has 0 radical (unpaired) electrons. The molecule has 2 aromatic carbocycles. The molecule has 0 saturated carbocycles. The van der Waals surface area contributed by atoms with Gasteiger partial charge in [0.1, 0.15) is 0 Å². The number of ether oxygens (including phenoxy) is 1. The first kappa shape index (κ1) is 20.7. The number of nitrogens with two attached hydrogens (primary N) is 3. The minimum Gasteiger partial charge on any atom is -0.399 e. The summed E-state index contributed by atoms with van der Waals surface area (Å²) in [5.41, 5.74) is 23.0. The van der Waals surface area contributed by atoms with Gasteiger partial charge in [0.15, 0.2) is 0 Å². The van der Waals surface area contributed by atoms with E-state index in [4.69, 9.17) is 21.9 Å². The van der Waals surface area contributed by atoms with Gasteiger partial charge in [-0.2, -0.15) is 0 Å². The summed E-state index contributed by atoms with van der Waals surface area (Å²) in [7, 11) is 0. The fraction of sp³-hybridized carbons (Fsp3) is 0.429. The topological polar surface area (TPSA) is 93.8 Å². The zero-order valence-electron chi connectivity index (χ0n) is 16.7. The third kappa shape index (κ3) is 5.69. The molecule has 1 fully saturated rings. The number of rotatable bonds is 4. The molecule has 0 atom stereocenters. The van der Waals surface area contributed by atoms with Crippen LogP contribution in [0.3, 0.4) is 0 Å². The number of hydrogen-bond donors (Lipinski definition) is 3. The smallest absolute Gasteiger partial charge is 0.0642 e. The first-order chi connectivity index (χ1) is 13.0. The van der Waals surface area contributed by atoms with Crippen LogP contribution in [-0.2, 0) is 4.74 Å². The van der Waals surface area contributed by atoms with Crippen molar-refractivity contribution in [2.45, 2.75) is 20.8 Å². The second-order valence-corrected chi connectivity index (χ2v) is 6.63. The molecular weight excluding hydrogens is 338 g/mol. The Balaban J connectivity index is 0.000000194. The number of morpholine rings is 1. The Hall–Kier alpha value is -2.60. The van der Waals surface area contributed by atoms with E-state index >= 15 is 0 Å². The Morgan fingerprint density at radius 3 is 2.15 bits per heavy atom. The third-order valence-electron chi connectivity index (χ3n) is 4.79. The Bertz CT molecular complexity index is 725. The average Bonchev–Trinajstić information content (AvgIpc) is 2.68. The van der Waals surface area contributed by atoms with Crippen molar-refractivity contribution in [1.29, 1.82) is 0 Å². The summed E-state index contributed by atoms with van der Waals surface area (Å²) >= 11 is 0. The highest BCUT2D eigenvalue weighted by Gasteiger charge is 2.11. The fourth-order valence-electron chi connectivity index (χ4n) is 3.10. The molecule has 1 aliphatic heterocycles. The minimum absolute atomic E-state index is 0.716. The van der Waals surface area contributed by atoms with Gasteiger partial charge in [0.2, 0.25) is 0 Å². The second-order valence-electron chi connectivity index (χ2n) is 6.63. The maximum absolute atomic E-state index is 5.85. The van der Waals surface area contributed by atoms with Crippen molar-refractivity contribution in [2.75, 3.05) is 66.4 Å². The van der Waals surface area contributed by atoms with E-state index in [1.807, 2.05) is 25.1 Å². The van der Waals surface area contributed by atoms with E-state index in [1.54, 1.807) is 6.07 Å². The van der Waals surface area contributed by atoms with Crippen LogP contribution < -0.4 is 27.0 Å². The minimum atomic E-state index is 0.716. The summed E-state index contributed by atoms with van der Waals surface area (Å²) in [6.07, 6.45) is 0. The van der Waals surface area contributed by atoms with E-state index in [9.17, 15) is 0 Å². The van der Waals surface area contributed by atoms with Crippen molar-refractivity contribution < 1.29 is 4.74 Å². The summed E-state index contributed by atoms with van der Waals surface area (Å²) in [5.74, 6) is 0. The Morgan fingerprint density at radius 1 is 0.926 bits per heavy atom. The number of nitrogen functional groups attached to an aromatic ring is 3. The van der Waals surface area contributed by atoms with Crippen LogP contribution in [0.2, 0.25) is 0 Å². The van der Waals surface area contributed by atoms with Gasteiger partial charge in [0, 0.05) is 43.2 Å². The maximum atomic E-state index is 5.85. The van der Waals surface area contributed by atoms with E-state index in [0.29, 0.717) is 5.69 Å². The van der Waals surface area contributed by atoms with Gasteiger partial charge in [0.25, 0.3) is 0 Å². The van der Waals surface area contributed by atoms with Gasteiger partial charge in [0.05, 0.1) is 24.6 Å². The van der Waals surface area contributed by atoms with E-state index in [1.165, 1.54) is 5.69 Å². The second kappa shape index (κ2) is 9.92. The molecule has 1 aliphatic rings. The van der Waals surface area contributed by atoms with Crippen LogP contribution in [0.4, 0.5) is 28.4 Å². The molecule has 27 heavy (non-hydrogen) atoms. The lowest BCUT2D eigenvalue weighted by molar-refractivity contribution is 0.122. The number of hydrogen-bond acceptors (Lipinski definition) is 6. The van der Waals surface area contributed by atoms with Crippen molar-refractivity contribution in [3.8, 4) is 0 Å². The summed E-state index contributed by atoms with van der Waals surface area (Å²) in [5, 5.41) is 0. The van der Waals surface area contributed by atoms with Crippen LogP contribution in [0, 0.1) is 6.92 Å². The Morgan fingerprint density at radius 2 is 1.59 bits per heavy atom. The summed E-state index contributed by atoms with van der Waals surface area (Å²) in [6.45, 7) is 11.8. The highest BCUT2D eigenvalue weighted by Crippen LogP contribution is 2.25. The van der Waals surface area contributed by atoms with Crippen LogP contribution in [-0.4, -0.2) is 39.4 Å². The molecule has 0 spiro atoms. The zero-order chi connectivity index (χ0) is 19.8. The molecule has 1 heterocycles. The van der Waals surface area contributed by atoms with Gasteiger partial charge < -0.3 is 31.7 Å². The van der Waals surface area contributed by atoms with Crippen LogP contribution >= 0.6 is 0 Å². The Labute approximate surface area is 162 Å². The lowest BCUT2D eigenvalue weighted by Crippen LogP contribution is -2.36. The molecule has 148 valence electrons. The SMILES string of the molecule is CCN(CC)c1ccc(N)cc1N.Cc1cc(N2CCOCC2)ccc1N. The van der Waals surface area contributed by atoms with E-state index in [0.717, 1.165) is 62.0 Å². The highest BCUT2D eigenvalue weighted by molar-refractivity contribution is 5.71. The largest absolute Gasteiger partial charge is 0.399 e. The molecule has 3 rings (SSSR count). The number of anilines is 5. The van der Waals surface area contributed by atoms with Crippen LogP contribution in [0.1, 0.15) is 19.4 Å². The van der Waals surface area contributed by atoms with Gasteiger partial charge >= 0.3 is 0 Å². The Kier molecular flexibility index (Phi) is 7.61. The maximum Gasteiger partial charge on any atom is 0.0642 e. The van der Waals surface area contributed by atoms with Gasteiger partial charge in [-0.15, -0.1) is 0 Å². The molecule has 1 saturated heterocycles. The highest BCUT2D eigenvalue weighted by atomic mass is 16.5. The number of nitrogens with zero attached hydrogens (tertiary/aromatic N) is 2. The molecule has 6 nitrogen and oxygen atoms in total. The molecule has 6 N–H and O–H groups in total. The van der Waals surface area contributed by atoms with Crippen molar-refractivity contribution in [1.82, 2.24) is 0 Å². The molecular formula is C21H33N5O. The molecule has 6 heteroatoms. The monoisotopic (exact) mass is 371 g/mol. The fourth-order valence-corrected chi connectivity index (χ4v) is 3.10. The summed E-state index contributed by atoms with van der Waals surface area (Å²) in [4.78, 5) is 4.53. The molecule has 0 unspecified atom stereocenters. The molecule has 0 bridgehead atoms. The van der Waals surface area contributed by atoms with Gasteiger partial charge in [-0.1, -0.05) is 0 Å². The van der Waals surface area contributed by atoms with E-state index in [-0.39, 0.29) is 0 Å². The van der Waals surface area contributed by atoms with Gasteiger partial charge in [-0.25, -0.2) is 0 Å². The van der Waals surface area contributed by atoms with Gasteiger partial charge in [-0.3, -0.25) is 0 Å². The van der Waals surface area contributed by atoms with E-state index in [2.05, 4.69) is 35.8 Å². The lowest BCUT2D eigenvalue weighted by Gasteiger charge is -2.29. The first-order valence-electron chi connectivity index (χ1n) is 9.55. The third-order valence-corrected chi connectivity index (χ3v) is 4.79. The van der Waals surface area contributed by atoms with Crippen molar-refractivity contribution in [3.63, 3.8) is 0 Å². The average molecular weight is 372 g/mol. The van der Waals surface area contributed by atoms with E-state index < -0.39 is 0 Å². The molecule has 0 amide bonds. The van der Waals surface area contributed by atoms with Crippen LogP contribution in [0.25, 0.3) is 0 Å². The predicted octanol–water partition coefficient (Wildman–Crippen LogP) is 3.11. The predicted molar refractivity (Wildman–Crippen MR) is 117 cm³/mol.